The van der Waals surface area contributed by atoms with Crippen molar-refractivity contribution in [3.63, 3.8) is 0 Å². The van der Waals surface area contributed by atoms with Gasteiger partial charge in [-0.15, -0.1) is 11.6 Å². The third-order valence-corrected chi connectivity index (χ3v) is 9.77. The molecule has 4 heteroatoms. The lowest BCUT2D eigenvalue weighted by atomic mass is 10.3. The van der Waals surface area contributed by atoms with Crippen LogP contribution in [0.1, 0.15) is 54.4 Å². The highest BCUT2D eigenvalue weighted by Crippen LogP contribution is 2.42. The third-order valence-electron chi connectivity index (χ3n) is 3.51. The fourth-order valence-corrected chi connectivity index (χ4v) is 8.15. The van der Waals surface area contributed by atoms with Crippen molar-refractivity contribution < 1.29 is 9.22 Å². The highest BCUT2D eigenvalue weighted by Gasteiger charge is 2.47. The molecule has 0 aromatic carbocycles. The van der Waals surface area contributed by atoms with Crippen molar-refractivity contribution in [2.24, 2.45) is 0 Å². The van der Waals surface area contributed by atoms with Crippen LogP contribution >= 0.6 is 11.6 Å². The van der Waals surface area contributed by atoms with Crippen LogP contribution in [0.2, 0.25) is 16.6 Å². The predicted octanol–water partition coefficient (Wildman–Crippen LogP) is 4.72. The molecule has 0 N–H and O–H groups in total. The molecule has 0 amide bonds. The van der Waals surface area contributed by atoms with Crippen LogP contribution in [0.15, 0.2) is 0 Å². The highest BCUT2D eigenvalue weighted by molar-refractivity contribution is 6.78. The topological polar surface area (TPSA) is 26.3 Å². The average molecular weight is 279 g/mol. The van der Waals surface area contributed by atoms with Crippen molar-refractivity contribution in [1.82, 2.24) is 0 Å². The van der Waals surface area contributed by atoms with Gasteiger partial charge in [0.25, 0.3) is 14.3 Å². The molecule has 0 heterocycles. The van der Waals surface area contributed by atoms with Crippen molar-refractivity contribution in [1.29, 1.82) is 0 Å². The quantitative estimate of drug-likeness (QED) is 0.497. The second kappa shape index (κ2) is 7.42. The zero-order chi connectivity index (χ0) is 13.6. The summed E-state index contributed by atoms with van der Waals surface area (Å²) >= 11 is 5.61. The second-order valence-electron chi connectivity index (χ2n) is 5.58. The Bertz CT molecular complexity index is 218. The standard InChI is InChI=1S/C13H27ClO2Si/c1-10(2)17(11(3)4,12(5)6)16-13(15)8-7-9-14/h10-12H,7-9H2,1-6H3. The molecule has 0 aromatic heterocycles. The Kier molecular flexibility index (Phi) is 7.41. The van der Waals surface area contributed by atoms with Crippen LogP contribution in [-0.4, -0.2) is 20.2 Å². The van der Waals surface area contributed by atoms with E-state index >= 15 is 0 Å². The number of hydrogen-bond acceptors (Lipinski definition) is 2. The van der Waals surface area contributed by atoms with Gasteiger partial charge in [0.2, 0.25) is 0 Å². The summed E-state index contributed by atoms with van der Waals surface area (Å²) in [5.41, 5.74) is 1.34. The highest BCUT2D eigenvalue weighted by atomic mass is 35.5. The summed E-state index contributed by atoms with van der Waals surface area (Å²) in [6, 6.07) is 0. The van der Waals surface area contributed by atoms with Crippen LogP contribution in [0.4, 0.5) is 0 Å². The van der Waals surface area contributed by atoms with Crippen molar-refractivity contribution in [3.05, 3.63) is 0 Å². The molecule has 0 rings (SSSR count). The first-order valence-electron chi connectivity index (χ1n) is 6.56. The molecule has 2 nitrogen and oxygen atoms in total. The Morgan fingerprint density at radius 3 is 1.76 bits per heavy atom. The van der Waals surface area contributed by atoms with Crippen molar-refractivity contribution >= 4 is 25.9 Å². The first kappa shape index (κ1) is 17.0. The Morgan fingerprint density at radius 2 is 1.47 bits per heavy atom. The molecule has 0 aliphatic heterocycles. The van der Waals surface area contributed by atoms with E-state index in [9.17, 15) is 4.79 Å². The molecular formula is C13H27ClO2Si. The third kappa shape index (κ3) is 4.29. The Balaban J connectivity index is 4.87. The van der Waals surface area contributed by atoms with Gasteiger partial charge in [-0.3, -0.25) is 4.79 Å². The van der Waals surface area contributed by atoms with Crippen LogP contribution in [-0.2, 0) is 9.22 Å². The SMILES string of the molecule is CC(C)[Si](OC(=O)CCCCl)(C(C)C)C(C)C. The summed E-state index contributed by atoms with van der Waals surface area (Å²) in [6.07, 6.45) is 1.16. The maximum absolute atomic E-state index is 11.9. The van der Waals surface area contributed by atoms with Gasteiger partial charge in [0.1, 0.15) is 0 Å². The van der Waals surface area contributed by atoms with Crippen molar-refractivity contribution in [2.75, 3.05) is 5.88 Å². The molecule has 0 fully saturated rings. The summed E-state index contributed by atoms with van der Waals surface area (Å²) < 4.78 is 5.97. The van der Waals surface area contributed by atoms with Gasteiger partial charge in [-0.2, -0.15) is 0 Å². The molecule has 102 valence electrons. The van der Waals surface area contributed by atoms with E-state index in [1.165, 1.54) is 0 Å². The number of halogens is 1. The molecular weight excluding hydrogens is 252 g/mol. The molecule has 17 heavy (non-hydrogen) atoms. The largest absolute Gasteiger partial charge is 0.518 e. The molecule has 0 aliphatic rings. The first-order chi connectivity index (χ1) is 7.78. The van der Waals surface area contributed by atoms with Crippen molar-refractivity contribution in [3.8, 4) is 0 Å². The van der Waals surface area contributed by atoms with Crippen LogP contribution in [0, 0.1) is 0 Å². The van der Waals surface area contributed by atoms with E-state index in [0.717, 1.165) is 0 Å². The summed E-state index contributed by atoms with van der Waals surface area (Å²) in [4.78, 5) is 11.9. The summed E-state index contributed by atoms with van der Waals surface area (Å²) in [6.45, 7) is 13.1. The summed E-state index contributed by atoms with van der Waals surface area (Å²) in [7, 11) is -2.03. The maximum atomic E-state index is 11.9. The van der Waals surface area contributed by atoms with E-state index < -0.39 is 8.32 Å². The second-order valence-corrected chi connectivity index (χ2v) is 11.3. The Morgan fingerprint density at radius 1 is 1.06 bits per heavy atom. The average Bonchev–Trinajstić information content (AvgIpc) is 2.21. The van der Waals surface area contributed by atoms with Gasteiger partial charge in [0, 0.05) is 12.3 Å². The molecule has 0 saturated heterocycles. The lowest BCUT2D eigenvalue weighted by molar-refractivity contribution is -0.135. The van der Waals surface area contributed by atoms with Crippen LogP contribution in [0.5, 0.6) is 0 Å². The van der Waals surface area contributed by atoms with E-state index in [-0.39, 0.29) is 5.97 Å². The summed E-state index contributed by atoms with van der Waals surface area (Å²) in [5, 5.41) is 0. The predicted molar refractivity (Wildman–Crippen MR) is 77.1 cm³/mol. The molecule has 0 radical (unpaired) electrons. The van der Waals surface area contributed by atoms with E-state index in [4.69, 9.17) is 16.0 Å². The van der Waals surface area contributed by atoms with Gasteiger partial charge in [0.05, 0.1) is 0 Å². The number of carbonyl (C=O) groups excluding carboxylic acids is 1. The number of carbonyl (C=O) groups is 1. The fourth-order valence-electron chi connectivity index (χ4n) is 2.81. The number of alkyl halides is 1. The minimum Gasteiger partial charge on any atom is -0.518 e. The maximum Gasteiger partial charge on any atom is 0.292 e. The molecule has 0 aromatic rings. The van der Waals surface area contributed by atoms with Gasteiger partial charge in [0.15, 0.2) is 0 Å². The monoisotopic (exact) mass is 278 g/mol. The minimum absolute atomic E-state index is 0.0617. The smallest absolute Gasteiger partial charge is 0.292 e. The van der Waals surface area contributed by atoms with E-state index in [1.54, 1.807) is 0 Å². The van der Waals surface area contributed by atoms with Crippen LogP contribution in [0.3, 0.4) is 0 Å². The summed E-state index contributed by atoms with van der Waals surface area (Å²) in [5.74, 6) is 0.461. The Labute approximate surface area is 112 Å². The number of rotatable bonds is 7. The minimum atomic E-state index is -2.03. The van der Waals surface area contributed by atoms with E-state index in [2.05, 4.69) is 41.5 Å². The zero-order valence-corrected chi connectivity index (χ0v) is 13.8. The van der Waals surface area contributed by atoms with Crippen LogP contribution < -0.4 is 0 Å². The van der Waals surface area contributed by atoms with Gasteiger partial charge in [-0.05, 0) is 23.0 Å². The number of hydrogen-bond donors (Lipinski definition) is 0. The van der Waals surface area contributed by atoms with E-state index in [1.807, 2.05) is 0 Å². The molecule has 0 spiro atoms. The van der Waals surface area contributed by atoms with Crippen molar-refractivity contribution in [2.45, 2.75) is 71.0 Å². The normalized spacial score (nSPS) is 12.6. The van der Waals surface area contributed by atoms with Gasteiger partial charge >= 0.3 is 0 Å². The molecule has 0 aliphatic carbocycles. The Hall–Kier alpha value is -0.0231. The van der Waals surface area contributed by atoms with E-state index in [0.29, 0.717) is 35.3 Å². The molecule has 0 bridgehead atoms. The van der Waals surface area contributed by atoms with Gasteiger partial charge in [-0.25, -0.2) is 0 Å². The molecule has 0 unspecified atom stereocenters. The van der Waals surface area contributed by atoms with Gasteiger partial charge < -0.3 is 4.43 Å². The first-order valence-corrected chi connectivity index (χ1v) is 9.24. The fraction of sp³-hybridized carbons (Fsp3) is 0.923. The lowest BCUT2D eigenvalue weighted by Crippen LogP contribution is -2.49. The zero-order valence-electron chi connectivity index (χ0n) is 12.0. The van der Waals surface area contributed by atoms with Gasteiger partial charge in [-0.1, -0.05) is 41.5 Å². The lowest BCUT2D eigenvalue weighted by Gasteiger charge is -2.41. The molecule has 0 saturated carbocycles. The van der Waals surface area contributed by atoms with Crippen LogP contribution in [0.25, 0.3) is 0 Å². The molecule has 0 atom stereocenters.